The Bertz CT molecular complexity index is 678. The first kappa shape index (κ1) is 12.3. The monoisotopic (exact) mass is 266 g/mol. The number of hydrogen-bond acceptors (Lipinski definition) is 5. The second kappa shape index (κ2) is 5.48. The van der Waals surface area contributed by atoms with E-state index >= 15 is 0 Å². The minimum absolute atomic E-state index is 0.552. The Hall–Kier alpha value is -2.76. The molecule has 0 saturated carbocycles. The number of rotatable bonds is 4. The Morgan fingerprint density at radius 3 is 2.65 bits per heavy atom. The molecule has 100 valence electrons. The normalized spacial score (nSPS) is 10.4. The number of anilines is 1. The number of nitrogens with zero attached hydrogens (tertiary/aromatic N) is 4. The average Bonchev–Trinajstić information content (AvgIpc) is 3.02. The van der Waals surface area contributed by atoms with Crippen molar-refractivity contribution in [3.05, 3.63) is 42.6 Å². The van der Waals surface area contributed by atoms with Gasteiger partial charge in [-0.3, -0.25) is 0 Å². The summed E-state index contributed by atoms with van der Waals surface area (Å²) in [5.74, 6) is 1.33. The highest BCUT2D eigenvalue weighted by atomic mass is 15.3. The zero-order valence-electron chi connectivity index (χ0n) is 11.0. The molecule has 0 atom stereocenters. The van der Waals surface area contributed by atoms with E-state index in [4.69, 9.17) is 0 Å². The summed E-state index contributed by atoms with van der Waals surface area (Å²) in [7, 11) is 0. The van der Waals surface area contributed by atoms with Crippen molar-refractivity contribution in [1.82, 2.24) is 25.4 Å². The summed E-state index contributed by atoms with van der Waals surface area (Å²) in [5, 5.41) is 13.6. The van der Waals surface area contributed by atoms with Crippen LogP contribution in [0.5, 0.6) is 0 Å². The van der Waals surface area contributed by atoms with E-state index < -0.39 is 0 Å². The van der Waals surface area contributed by atoms with Crippen molar-refractivity contribution < 1.29 is 0 Å². The van der Waals surface area contributed by atoms with Gasteiger partial charge in [0, 0.05) is 18.2 Å². The van der Waals surface area contributed by atoms with Crippen LogP contribution in [0.2, 0.25) is 0 Å². The summed E-state index contributed by atoms with van der Waals surface area (Å²) in [6, 6.07) is 11.9. The van der Waals surface area contributed by atoms with Crippen LogP contribution in [0.4, 0.5) is 5.82 Å². The maximum atomic E-state index is 4.55. The predicted molar refractivity (Wildman–Crippen MR) is 77.0 cm³/mol. The molecular weight excluding hydrogens is 252 g/mol. The van der Waals surface area contributed by atoms with Gasteiger partial charge in [-0.25, -0.2) is 9.97 Å². The van der Waals surface area contributed by atoms with E-state index in [2.05, 4.69) is 30.7 Å². The summed E-state index contributed by atoms with van der Waals surface area (Å²) in [4.78, 5) is 9.00. The molecule has 6 heteroatoms. The molecule has 2 heterocycles. The number of aromatic nitrogens is 5. The second-order valence-corrected chi connectivity index (χ2v) is 4.21. The molecule has 3 rings (SSSR count). The molecule has 3 aromatic rings. The number of benzene rings is 1. The van der Waals surface area contributed by atoms with E-state index in [-0.39, 0.29) is 0 Å². The van der Waals surface area contributed by atoms with Gasteiger partial charge in [0.15, 0.2) is 5.82 Å². The summed E-state index contributed by atoms with van der Waals surface area (Å²) in [6.45, 7) is 2.82. The van der Waals surface area contributed by atoms with Gasteiger partial charge in [0.05, 0.1) is 11.9 Å². The lowest BCUT2D eigenvalue weighted by atomic mass is 10.1. The van der Waals surface area contributed by atoms with Crippen molar-refractivity contribution in [3.8, 4) is 22.8 Å². The molecule has 0 aliphatic carbocycles. The van der Waals surface area contributed by atoms with Crippen molar-refractivity contribution in [1.29, 1.82) is 0 Å². The highest BCUT2D eigenvalue weighted by molar-refractivity contribution is 5.65. The van der Waals surface area contributed by atoms with E-state index in [1.807, 2.05) is 43.3 Å². The van der Waals surface area contributed by atoms with Crippen LogP contribution < -0.4 is 5.32 Å². The Morgan fingerprint density at radius 1 is 1.10 bits per heavy atom. The summed E-state index contributed by atoms with van der Waals surface area (Å²) < 4.78 is 0. The van der Waals surface area contributed by atoms with Crippen LogP contribution in [0.15, 0.2) is 42.6 Å². The number of H-pyrrole nitrogens is 1. The van der Waals surface area contributed by atoms with Crippen LogP contribution in [0.25, 0.3) is 22.8 Å². The first-order chi connectivity index (χ1) is 9.86. The molecule has 0 amide bonds. The fraction of sp³-hybridized carbons (Fsp3) is 0.143. The summed E-state index contributed by atoms with van der Waals surface area (Å²) >= 11 is 0. The lowest BCUT2D eigenvalue weighted by molar-refractivity contribution is 0.938. The van der Waals surface area contributed by atoms with Crippen molar-refractivity contribution >= 4 is 5.82 Å². The molecule has 0 saturated heterocycles. The van der Waals surface area contributed by atoms with E-state index in [1.54, 1.807) is 6.20 Å². The molecule has 0 fully saturated rings. The van der Waals surface area contributed by atoms with Crippen LogP contribution in [-0.2, 0) is 0 Å². The lowest BCUT2D eigenvalue weighted by Gasteiger charge is -2.07. The van der Waals surface area contributed by atoms with E-state index in [9.17, 15) is 0 Å². The van der Waals surface area contributed by atoms with Gasteiger partial charge in [0.1, 0.15) is 11.5 Å². The van der Waals surface area contributed by atoms with Crippen molar-refractivity contribution in [3.63, 3.8) is 0 Å². The van der Waals surface area contributed by atoms with Crippen LogP contribution >= 0.6 is 0 Å². The largest absolute Gasteiger partial charge is 0.370 e. The zero-order valence-corrected chi connectivity index (χ0v) is 11.0. The Balaban J connectivity index is 2.10. The average molecular weight is 266 g/mol. The number of aromatic amines is 1. The SMILES string of the molecule is CCNc1cc(-c2ccccc2)nc(-c2cn[nH]n2)n1. The highest BCUT2D eigenvalue weighted by Crippen LogP contribution is 2.22. The maximum Gasteiger partial charge on any atom is 0.184 e. The Labute approximate surface area is 116 Å². The number of hydrogen-bond donors (Lipinski definition) is 2. The molecule has 6 nitrogen and oxygen atoms in total. The third-order valence-corrected chi connectivity index (χ3v) is 2.80. The lowest BCUT2D eigenvalue weighted by Crippen LogP contribution is -2.02. The maximum absolute atomic E-state index is 4.55. The molecule has 2 aromatic heterocycles. The zero-order chi connectivity index (χ0) is 13.8. The molecule has 0 bridgehead atoms. The third-order valence-electron chi connectivity index (χ3n) is 2.80. The van der Waals surface area contributed by atoms with Crippen molar-refractivity contribution in [2.75, 3.05) is 11.9 Å². The Morgan fingerprint density at radius 2 is 1.95 bits per heavy atom. The molecule has 2 N–H and O–H groups in total. The number of nitrogens with one attached hydrogen (secondary N) is 2. The summed E-state index contributed by atoms with van der Waals surface area (Å²) in [6.07, 6.45) is 1.61. The van der Waals surface area contributed by atoms with E-state index in [1.165, 1.54) is 0 Å². The summed E-state index contributed by atoms with van der Waals surface area (Å²) in [5.41, 5.74) is 2.52. The predicted octanol–water partition coefficient (Wildman–Crippen LogP) is 2.36. The van der Waals surface area contributed by atoms with Gasteiger partial charge >= 0.3 is 0 Å². The van der Waals surface area contributed by atoms with Gasteiger partial charge in [0.2, 0.25) is 0 Å². The first-order valence-corrected chi connectivity index (χ1v) is 6.41. The minimum Gasteiger partial charge on any atom is -0.370 e. The van der Waals surface area contributed by atoms with Crippen molar-refractivity contribution in [2.45, 2.75) is 6.92 Å². The van der Waals surface area contributed by atoms with Gasteiger partial charge < -0.3 is 5.32 Å². The second-order valence-electron chi connectivity index (χ2n) is 4.21. The molecule has 0 aliphatic rings. The highest BCUT2D eigenvalue weighted by Gasteiger charge is 2.10. The quantitative estimate of drug-likeness (QED) is 0.757. The fourth-order valence-corrected chi connectivity index (χ4v) is 1.90. The molecule has 0 aliphatic heterocycles. The Kier molecular flexibility index (Phi) is 3.36. The van der Waals surface area contributed by atoms with Crippen LogP contribution in [0.3, 0.4) is 0 Å². The van der Waals surface area contributed by atoms with Crippen LogP contribution in [0.1, 0.15) is 6.92 Å². The topological polar surface area (TPSA) is 79.4 Å². The van der Waals surface area contributed by atoms with E-state index in [0.717, 1.165) is 23.6 Å². The minimum atomic E-state index is 0.552. The molecule has 0 spiro atoms. The fourth-order valence-electron chi connectivity index (χ4n) is 1.90. The molecule has 20 heavy (non-hydrogen) atoms. The third kappa shape index (κ3) is 2.49. The molecule has 0 radical (unpaired) electrons. The van der Waals surface area contributed by atoms with Crippen LogP contribution in [0, 0.1) is 0 Å². The van der Waals surface area contributed by atoms with E-state index in [0.29, 0.717) is 11.5 Å². The van der Waals surface area contributed by atoms with Gasteiger partial charge in [0.25, 0.3) is 0 Å². The van der Waals surface area contributed by atoms with Crippen LogP contribution in [-0.4, -0.2) is 31.9 Å². The van der Waals surface area contributed by atoms with Gasteiger partial charge in [-0.2, -0.15) is 15.4 Å². The molecule has 1 aromatic carbocycles. The van der Waals surface area contributed by atoms with Gasteiger partial charge in [-0.05, 0) is 6.92 Å². The van der Waals surface area contributed by atoms with Crippen molar-refractivity contribution in [2.24, 2.45) is 0 Å². The smallest absolute Gasteiger partial charge is 0.184 e. The van der Waals surface area contributed by atoms with Gasteiger partial charge in [-0.1, -0.05) is 30.3 Å². The van der Waals surface area contributed by atoms with Gasteiger partial charge in [-0.15, -0.1) is 0 Å². The first-order valence-electron chi connectivity index (χ1n) is 6.41. The molecular formula is C14H14N6. The molecule has 0 unspecified atom stereocenters. The standard InChI is InChI=1S/C14H14N6/c1-2-15-13-8-11(10-6-4-3-5-7-10)17-14(18-13)12-9-16-20-19-12/h3-9H,2H2,1H3,(H,15,17,18)(H,16,19,20).